The van der Waals surface area contributed by atoms with Crippen molar-refractivity contribution in [1.82, 2.24) is 4.90 Å². The highest BCUT2D eigenvalue weighted by Crippen LogP contribution is 2.23. The summed E-state index contributed by atoms with van der Waals surface area (Å²) in [6.45, 7) is 1.26. The van der Waals surface area contributed by atoms with Crippen molar-refractivity contribution in [1.29, 1.82) is 0 Å². The first-order chi connectivity index (χ1) is 12.1. The Balaban J connectivity index is 1.52. The zero-order valence-corrected chi connectivity index (χ0v) is 14.3. The molecular weight excluding hydrogens is 312 g/mol. The average Bonchev–Trinajstić information content (AvgIpc) is 2.69. The van der Waals surface area contributed by atoms with Crippen LogP contribution >= 0.6 is 0 Å². The predicted molar refractivity (Wildman–Crippen MR) is 98.1 cm³/mol. The van der Waals surface area contributed by atoms with Crippen molar-refractivity contribution in [2.75, 3.05) is 13.1 Å². The SMILES string of the molecule is NC(CC(=O)N1CCC(C(=O)c2ccccc2)CC1)c1ccccc1. The summed E-state index contributed by atoms with van der Waals surface area (Å²) >= 11 is 0. The molecule has 0 aliphatic carbocycles. The summed E-state index contributed by atoms with van der Waals surface area (Å²) in [5.41, 5.74) is 7.89. The second-order valence-electron chi connectivity index (χ2n) is 6.61. The van der Waals surface area contributed by atoms with Crippen molar-refractivity contribution >= 4 is 11.7 Å². The fourth-order valence-electron chi connectivity index (χ4n) is 3.36. The highest BCUT2D eigenvalue weighted by atomic mass is 16.2. The molecule has 1 unspecified atom stereocenters. The third kappa shape index (κ3) is 4.34. The largest absolute Gasteiger partial charge is 0.343 e. The van der Waals surface area contributed by atoms with Gasteiger partial charge < -0.3 is 10.6 Å². The van der Waals surface area contributed by atoms with Crippen LogP contribution < -0.4 is 5.73 Å². The van der Waals surface area contributed by atoms with Crippen LogP contribution in [0.15, 0.2) is 60.7 Å². The number of benzene rings is 2. The third-order valence-corrected chi connectivity index (χ3v) is 4.90. The maximum atomic E-state index is 12.5. The van der Waals surface area contributed by atoms with Crippen molar-refractivity contribution in [3.05, 3.63) is 71.8 Å². The quantitative estimate of drug-likeness (QED) is 0.853. The first kappa shape index (κ1) is 17.4. The highest BCUT2D eigenvalue weighted by Gasteiger charge is 2.28. The molecule has 4 heteroatoms. The van der Waals surface area contributed by atoms with Crippen molar-refractivity contribution in [2.45, 2.75) is 25.3 Å². The van der Waals surface area contributed by atoms with Crippen LogP contribution in [0.25, 0.3) is 0 Å². The molecule has 2 aromatic carbocycles. The minimum absolute atomic E-state index is 0.00856. The lowest BCUT2D eigenvalue weighted by atomic mass is 9.88. The molecule has 1 amide bonds. The molecule has 0 radical (unpaired) electrons. The van der Waals surface area contributed by atoms with E-state index >= 15 is 0 Å². The molecule has 1 fully saturated rings. The monoisotopic (exact) mass is 336 g/mol. The lowest BCUT2D eigenvalue weighted by Gasteiger charge is -2.32. The van der Waals surface area contributed by atoms with E-state index in [1.54, 1.807) is 0 Å². The normalized spacial score (nSPS) is 16.4. The number of Topliss-reactive ketones (excluding diaryl/α,β-unsaturated/α-hetero) is 1. The van der Waals surface area contributed by atoms with Gasteiger partial charge in [-0.25, -0.2) is 0 Å². The van der Waals surface area contributed by atoms with Crippen LogP contribution in [0.3, 0.4) is 0 Å². The van der Waals surface area contributed by atoms with Gasteiger partial charge in [-0.15, -0.1) is 0 Å². The number of ketones is 1. The van der Waals surface area contributed by atoms with E-state index in [-0.39, 0.29) is 23.7 Å². The van der Waals surface area contributed by atoms with Gasteiger partial charge in [0, 0.05) is 37.0 Å². The molecule has 1 atom stereocenters. The van der Waals surface area contributed by atoms with Crippen molar-refractivity contribution in [3.8, 4) is 0 Å². The molecule has 2 aromatic rings. The minimum atomic E-state index is -0.280. The maximum absolute atomic E-state index is 12.5. The Morgan fingerprint density at radius 2 is 1.52 bits per heavy atom. The van der Waals surface area contributed by atoms with Crippen LogP contribution in [-0.2, 0) is 4.79 Å². The van der Waals surface area contributed by atoms with E-state index in [2.05, 4.69) is 0 Å². The summed E-state index contributed by atoms with van der Waals surface area (Å²) in [4.78, 5) is 26.8. The molecule has 1 heterocycles. The molecule has 3 rings (SSSR count). The molecule has 1 aliphatic heterocycles. The number of nitrogens with zero attached hydrogens (tertiary/aromatic N) is 1. The molecule has 0 saturated carbocycles. The number of likely N-dealkylation sites (tertiary alicyclic amines) is 1. The van der Waals surface area contributed by atoms with Crippen molar-refractivity contribution < 1.29 is 9.59 Å². The molecule has 0 bridgehead atoms. The Labute approximate surface area is 148 Å². The van der Waals surface area contributed by atoms with Crippen LogP contribution in [0, 0.1) is 5.92 Å². The van der Waals surface area contributed by atoms with Gasteiger partial charge in [0.15, 0.2) is 5.78 Å². The Morgan fingerprint density at radius 3 is 2.12 bits per heavy atom. The van der Waals surface area contributed by atoms with Crippen molar-refractivity contribution in [3.63, 3.8) is 0 Å². The first-order valence-corrected chi connectivity index (χ1v) is 8.82. The molecule has 0 spiro atoms. The predicted octanol–water partition coefficient (Wildman–Crippen LogP) is 3.20. The van der Waals surface area contributed by atoms with Gasteiger partial charge in [-0.2, -0.15) is 0 Å². The summed E-state index contributed by atoms with van der Waals surface area (Å²) in [6, 6.07) is 18.8. The topological polar surface area (TPSA) is 63.4 Å². The van der Waals surface area contributed by atoms with Gasteiger partial charge in [0.25, 0.3) is 0 Å². The van der Waals surface area contributed by atoms with E-state index in [1.165, 1.54) is 0 Å². The van der Waals surface area contributed by atoms with Crippen molar-refractivity contribution in [2.24, 2.45) is 11.7 Å². The number of hydrogen-bond donors (Lipinski definition) is 1. The Hall–Kier alpha value is -2.46. The molecule has 4 nitrogen and oxygen atoms in total. The van der Waals surface area contributed by atoms with Crippen LogP contribution in [0.2, 0.25) is 0 Å². The Morgan fingerprint density at radius 1 is 0.960 bits per heavy atom. The first-order valence-electron chi connectivity index (χ1n) is 8.82. The minimum Gasteiger partial charge on any atom is -0.343 e. The van der Waals surface area contributed by atoms with E-state index in [1.807, 2.05) is 65.6 Å². The molecule has 25 heavy (non-hydrogen) atoms. The van der Waals surface area contributed by atoms with E-state index < -0.39 is 0 Å². The maximum Gasteiger partial charge on any atom is 0.224 e. The summed E-state index contributed by atoms with van der Waals surface area (Å²) in [6.07, 6.45) is 1.75. The number of amides is 1. The van der Waals surface area contributed by atoms with Gasteiger partial charge in [-0.05, 0) is 18.4 Å². The number of carbonyl (C=O) groups excluding carboxylic acids is 2. The summed E-state index contributed by atoms with van der Waals surface area (Å²) in [7, 11) is 0. The molecular formula is C21H24N2O2. The number of nitrogens with two attached hydrogens (primary N) is 1. The van der Waals surface area contributed by atoms with Crippen LogP contribution in [0.1, 0.15) is 41.2 Å². The fourth-order valence-corrected chi connectivity index (χ4v) is 3.36. The van der Waals surface area contributed by atoms with Crippen LogP contribution in [0.4, 0.5) is 0 Å². The van der Waals surface area contributed by atoms with E-state index in [0.29, 0.717) is 19.5 Å². The number of hydrogen-bond acceptors (Lipinski definition) is 3. The molecule has 0 aromatic heterocycles. The number of carbonyl (C=O) groups is 2. The van der Waals surface area contributed by atoms with Crippen LogP contribution in [0.5, 0.6) is 0 Å². The fraction of sp³-hybridized carbons (Fsp3) is 0.333. The van der Waals surface area contributed by atoms with Gasteiger partial charge in [-0.3, -0.25) is 9.59 Å². The van der Waals surface area contributed by atoms with Gasteiger partial charge in [-0.1, -0.05) is 60.7 Å². The van der Waals surface area contributed by atoms with E-state index in [9.17, 15) is 9.59 Å². The number of rotatable bonds is 5. The lowest BCUT2D eigenvalue weighted by molar-refractivity contribution is -0.132. The standard InChI is InChI=1S/C21H24N2O2/c22-19(16-7-3-1-4-8-16)15-20(24)23-13-11-18(12-14-23)21(25)17-9-5-2-6-10-17/h1-10,18-19H,11-15,22H2. The second-order valence-corrected chi connectivity index (χ2v) is 6.61. The van der Waals surface area contributed by atoms with Gasteiger partial charge >= 0.3 is 0 Å². The van der Waals surface area contributed by atoms with E-state index in [4.69, 9.17) is 5.73 Å². The zero-order chi connectivity index (χ0) is 17.6. The smallest absolute Gasteiger partial charge is 0.224 e. The second kappa shape index (κ2) is 8.08. The van der Waals surface area contributed by atoms with E-state index in [0.717, 1.165) is 24.0 Å². The molecule has 1 saturated heterocycles. The van der Waals surface area contributed by atoms with Gasteiger partial charge in [0.2, 0.25) is 5.91 Å². The molecule has 1 aliphatic rings. The zero-order valence-electron chi connectivity index (χ0n) is 14.3. The third-order valence-electron chi connectivity index (χ3n) is 4.90. The molecule has 2 N–H and O–H groups in total. The summed E-state index contributed by atoms with van der Waals surface area (Å²) in [5, 5.41) is 0. The Kier molecular flexibility index (Phi) is 5.61. The Bertz CT molecular complexity index is 707. The van der Waals surface area contributed by atoms with Crippen LogP contribution in [-0.4, -0.2) is 29.7 Å². The summed E-state index contributed by atoms with van der Waals surface area (Å²) < 4.78 is 0. The average molecular weight is 336 g/mol. The highest BCUT2D eigenvalue weighted by molar-refractivity contribution is 5.98. The summed E-state index contributed by atoms with van der Waals surface area (Å²) in [5.74, 6) is 0.268. The number of piperidine rings is 1. The lowest BCUT2D eigenvalue weighted by Crippen LogP contribution is -2.41. The van der Waals surface area contributed by atoms with Gasteiger partial charge in [0.1, 0.15) is 0 Å². The van der Waals surface area contributed by atoms with Gasteiger partial charge in [0.05, 0.1) is 0 Å². The molecule has 130 valence electrons.